The molecule has 1 heterocycles. The lowest BCUT2D eigenvalue weighted by Gasteiger charge is -2.35. The molecule has 0 saturated heterocycles. The van der Waals surface area contributed by atoms with E-state index in [1.54, 1.807) is 6.20 Å². The zero-order chi connectivity index (χ0) is 11.3. The van der Waals surface area contributed by atoms with Crippen molar-refractivity contribution in [1.82, 2.24) is 10.5 Å². The van der Waals surface area contributed by atoms with E-state index in [1.165, 1.54) is 19.3 Å². The standard InChI is InChI=1S/C12H20N2O2/c15-10-12(5-2-1-3-6-12)9-13-8-11-4-7-14-16-11/h4,7,13,15H,1-3,5-6,8-10H2. The fourth-order valence-electron chi connectivity index (χ4n) is 2.48. The van der Waals surface area contributed by atoms with Gasteiger partial charge in [-0.1, -0.05) is 24.4 Å². The molecule has 1 aliphatic rings. The monoisotopic (exact) mass is 224 g/mol. The van der Waals surface area contributed by atoms with Crippen LogP contribution in [-0.4, -0.2) is 23.4 Å². The zero-order valence-corrected chi connectivity index (χ0v) is 9.61. The Bertz CT molecular complexity index is 292. The van der Waals surface area contributed by atoms with Gasteiger partial charge in [-0.15, -0.1) is 0 Å². The molecule has 0 spiro atoms. The van der Waals surface area contributed by atoms with E-state index in [4.69, 9.17) is 4.52 Å². The third-order valence-electron chi connectivity index (χ3n) is 3.54. The molecular formula is C12H20N2O2. The first kappa shape index (κ1) is 11.6. The van der Waals surface area contributed by atoms with Crippen LogP contribution in [0.25, 0.3) is 0 Å². The molecule has 2 rings (SSSR count). The van der Waals surface area contributed by atoms with Crippen molar-refractivity contribution >= 4 is 0 Å². The van der Waals surface area contributed by atoms with Crippen molar-refractivity contribution in [1.29, 1.82) is 0 Å². The van der Waals surface area contributed by atoms with Crippen LogP contribution in [0.2, 0.25) is 0 Å². The van der Waals surface area contributed by atoms with Crippen LogP contribution in [0.1, 0.15) is 37.9 Å². The summed E-state index contributed by atoms with van der Waals surface area (Å²) in [7, 11) is 0. The Kier molecular flexibility index (Phi) is 3.96. The minimum absolute atomic E-state index is 0.0955. The average Bonchev–Trinajstić information content (AvgIpc) is 2.83. The maximum absolute atomic E-state index is 9.52. The van der Waals surface area contributed by atoms with Crippen LogP contribution in [0.15, 0.2) is 16.8 Å². The van der Waals surface area contributed by atoms with Crippen molar-refractivity contribution in [2.75, 3.05) is 13.2 Å². The highest BCUT2D eigenvalue weighted by Crippen LogP contribution is 2.35. The zero-order valence-electron chi connectivity index (χ0n) is 9.61. The summed E-state index contributed by atoms with van der Waals surface area (Å²) in [5, 5.41) is 16.5. The first-order valence-corrected chi connectivity index (χ1v) is 6.06. The van der Waals surface area contributed by atoms with Crippen molar-refractivity contribution in [3.63, 3.8) is 0 Å². The molecule has 0 aliphatic heterocycles. The van der Waals surface area contributed by atoms with Crippen LogP contribution in [0, 0.1) is 5.41 Å². The van der Waals surface area contributed by atoms with E-state index >= 15 is 0 Å². The molecule has 1 fully saturated rings. The first-order chi connectivity index (χ1) is 7.85. The van der Waals surface area contributed by atoms with E-state index in [0.29, 0.717) is 6.54 Å². The van der Waals surface area contributed by atoms with Gasteiger partial charge in [0.1, 0.15) is 5.76 Å². The van der Waals surface area contributed by atoms with Crippen LogP contribution < -0.4 is 5.32 Å². The molecule has 1 aromatic heterocycles. The molecule has 0 atom stereocenters. The predicted molar refractivity (Wildman–Crippen MR) is 60.8 cm³/mol. The molecule has 2 N–H and O–H groups in total. The van der Waals surface area contributed by atoms with Crippen LogP contribution >= 0.6 is 0 Å². The number of aromatic nitrogens is 1. The number of nitrogens with one attached hydrogen (secondary N) is 1. The van der Waals surface area contributed by atoms with E-state index in [2.05, 4.69) is 10.5 Å². The van der Waals surface area contributed by atoms with Gasteiger partial charge in [-0.3, -0.25) is 0 Å². The fraction of sp³-hybridized carbons (Fsp3) is 0.750. The summed E-state index contributed by atoms with van der Waals surface area (Å²) < 4.78 is 5.01. The molecule has 1 aliphatic carbocycles. The number of nitrogens with zero attached hydrogens (tertiary/aromatic N) is 1. The van der Waals surface area contributed by atoms with Gasteiger partial charge in [-0.05, 0) is 12.8 Å². The second-order valence-electron chi connectivity index (χ2n) is 4.80. The van der Waals surface area contributed by atoms with Gasteiger partial charge in [0.25, 0.3) is 0 Å². The molecular weight excluding hydrogens is 204 g/mol. The lowest BCUT2D eigenvalue weighted by Crippen LogP contribution is -2.38. The molecule has 0 radical (unpaired) electrons. The minimum Gasteiger partial charge on any atom is -0.396 e. The van der Waals surface area contributed by atoms with Gasteiger partial charge in [-0.2, -0.15) is 0 Å². The Morgan fingerprint density at radius 3 is 2.81 bits per heavy atom. The summed E-state index contributed by atoms with van der Waals surface area (Å²) >= 11 is 0. The predicted octanol–water partition coefficient (Wildman–Crippen LogP) is 1.71. The van der Waals surface area contributed by atoms with Crippen molar-refractivity contribution < 1.29 is 9.63 Å². The summed E-state index contributed by atoms with van der Waals surface area (Å²) in [6, 6.07) is 1.86. The van der Waals surface area contributed by atoms with Gasteiger partial charge in [-0.25, -0.2) is 0 Å². The Labute approximate surface area is 96.0 Å². The molecule has 4 heteroatoms. The summed E-state index contributed by atoms with van der Waals surface area (Å²) in [5.41, 5.74) is 0.0955. The third-order valence-corrected chi connectivity index (χ3v) is 3.54. The van der Waals surface area contributed by atoms with Crippen LogP contribution in [0.5, 0.6) is 0 Å². The van der Waals surface area contributed by atoms with Gasteiger partial charge < -0.3 is 14.9 Å². The van der Waals surface area contributed by atoms with Gasteiger partial charge >= 0.3 is 0 Å². The summed E-state index contributed by atoms with van der Waals surface area (Å²) in [6.45, 7) is 1.85. The molecule has 1 saturated carbocycles. The molecule has 90 valence electrons. The maximum atomic E-state index is 9.52. The lowest BCUT2D eigenvalue weighted by atomic mass is 9.74. The Hall–Kier alpha value is -0.870. The van der Waals surface area contributed by atoms with E-state index in [-0.39, 0.29) is 12.0 Å². The van der Waals surface area contributed by atoms with E-state index in [0.717, 1.165) is 25.1 Å². The SMILES string of the molecule is OCC1(CNCc2ccno2)CCCCC1. The van der Waals surface area contributed by atoms with E-state index in [1.807, 2.05) is 6.07 Å². The van der Waals surface area contributed by atoms with Crippen LogP contribution in [0.3, 0.4) is 0 Å². The molecule has 0 amide bonds. The van der Waals surface area contributed by atoms with Crippen molar-refractivity contribution in [3.8, 4) is 0 Å². The highest BCUT2D eigenvalue weighted by Gasteiger charge is 2.30. The molecule has 1 aromatic rings. The summed E-state index contributed by atoms with van der Waals surface area (Å²) in [4.78, 5) is 0. The quantitative estimate of drug-likeness (QED) is 0.799. The van der Waals surface area contributed by atoms with Crippen molar-refractivity contribution in [2.24, 2.45) is 5.41 Å². The number of rotatable bonds is 5. The van der Waals surface area contributed by atoms with Gasteiger partial charge in [0.15, 0.2) is 0 Å². The summed E-state index contributed by atoms with van der Waals surface area (Å²) in [6.07, 6.45) is 7.71. The highest BCUT2D eigenvalue weighted by molar-refractivity contribution is 4.93. The lowest BCUT2D eigenvalue weighted by molar-refractivity contribution is 0.0804. The van der Waals surface area contributed by atoms with Gasteiger partial charge in [0.2, 0.25) is 0 Å². The second kappa shape index (κ2) is 5.46. The Morgan fingerprint density at radius 1 is 1.38 bits per heavy atom. The number of hydrogen-bond donors (Lipinski definition) is 2. The normalized spacial score (nSPS) is 19.8. The van der Waals surface area contributed by atoms with Gasteiger partial charge in [0.05, 0.1) is 12.7 Å². The maximum Gasteiger partial charge on any atom is 0.150 e. The van der Waals surface area contributed by atoms with Crippen molar-refractivity contribution in [2.45, 2.75) is 38.6 Å². The number of hydrogen-bond acceptors (Lipinski definition) is 4. The molecule has 0 unspecified atom stereocenters. The van der Waals surface area contributed by atoms with Gasteiger partial charge in [0, 0.05) is 24.6 Å². The average molecular weight is 224 g/mol. The number of aliphatic hydroxyl groups is 1. The molecule has 0 bridgehead atoms. The largest absolute Gasteiger partial charge is 0.396 e. The summed E-state index contributed by atoms with van der Waals surface area (Å²) in [5.74, 6) is 0.851. The van der Waals surface area contributed by atoms with Crippen molar-refractivity contribution in [3.05, 3.63) is 18.0 Å². The van der Waals surface area contributed by atoms with Crippen LogP contribution in [-0.2, 0) is 6.54 Å². The minimum atomic E-state index is 0.0955. The van der Waals surface area contributed by atoms with E-state index in [9.17, 15) is 5.11 Å². The Balaban J connectivity index is 1.78. The van der Waals surface area contributed by atoms with E-state index < -0.39 is 0 Å². The smallest absolute Gasteiger partial charge is 0.150 e. The van der Waals surface area contributed by atoms with Crippen LogP contribution in [0.4, 0.5) is 0 Å². The second-order valence-corrected chi connectivity index (χ2v) is 4.80. The highest BCUT2D eigenvalue weighted by atomic mass is 16.5. The molecule has 4 nitrogen and oxygen atoms in total. The topological polar surface area (TPSA) is 58.3 Å². The fourth-order valence-corrected chi connectivity index (χ4v) is 2.48. The molecule has 16 heavy (non-hydrogen) atoms. The molecule has 0 aromatic carbocycles. The number of aliphatic hydroxyl groups excluding tert-OH is 1. The third kappa shape index (κ3) is 2.83. The first-order valence-electron chi connectivity index (χ1n) is 6.06. The Morgan fingerprint density at radius 2 is 2.19 bits per heavy atom.